The summed E-state index contributed by atoms with van der Waals surface area (Å²) in [5.74, 6) is -0.164. The summed E-state index contributed by atoms with van der Waals surface area (Å²) < 4.78 is 4.99. The van der Waals surface area contributed by atoms with Crippen molar-refractivity contribution in [3.63, 3.8) is 0 Å². The molecule has 1 aliphatic rings. The van der Waals surface area contributed by atoms with Crippen molar-refractivity contribution >= 4 is 30.8 Å². The minimum atomic E-state index is -0.423. The lowest BCUT2D eigenvalue weighted by molar-refractivity contribution is -0.132. The summed E-state index contributed by atoms with van der Waals surface area (Å²) >= 11 is 0. The van der Waals surface area contributed by atoms with Crippen LogP contribution >= 0.6 is 24.8 Å². The van der Waals surface area contributed by atoms with E-state index in [1.807, 2.05) is 6.07 Å². The molecule has 0 bridgehead atoms. The van der Waals surface area contributed by atoms with Gasteiger partial charge in [-0.05, 0) is 24.1 Å². The van der Waals surface area contributed by atoms with E-state index in [9.17, 15) is 9.90 Å². The maximum Gasteiger partial charge on any atom is 0.308 e. The van der Waals surface area contributed by atoms with Gasteiger partial charge >= 0.3 is 5.97 Å². The predicted octanol–water partition coefficient (Wildman–Crippen LogP) is 3.30. The number of phenolic OH excluding ortho intramolecular Hbond substituents is 1. The van der Waals surface area contributed by atoms with Crippen LogP contribution in [0.3, 0.4) is 0 Å². The van der Waals surface area contributed by atoms with Gasteiger partial charge in [0.1, 0.15) is 0 Å². The maximum atomic E-state index is 11.0. The van der Waals surface area contributed by atoms with E-state index in [-0.39, 0.29) is 36.3 Å². The lowest BCUT2D eigenvalue weighted by atomic mass is 9.98. The van der Waals surface area contributed by atoms with E-state index in [1.54, 1.807) is 12.1 Å². The third kappa shape index (κ3) is 6.48. The Bertz CT molecular complexity index is 509. The molecule has 24 heavy (non-hydrogen) atoms. The zero-order valence-electron chi connectivity index (χ0n) is 14.3. The Hall–Kier alpha value is -1.01. The van der Waals surface area contributed by atoms with Gasteiger partial charge in [-0.25, -0.2) is 0 Å². The summed E-state index contributed by atoms with van der Waals surface area (Å²) in [5, 5.41) is 13.5. The molecule has 0 saturated carbocycles. The van der Waals surface area contributed by atoms with E-state index in [4.69, 9.17) is 4.74 Å². The molecule has 0 spiro atoms. The van der Waals surface area contributed by atoms with Crippen LogP contribution in [-0.4, -0.2) is 42.2 Å². The molecule has 0 aromatic heterocycles. The van der Waals surface area contributed by atoms with Gasteiger partial charge in [-0.15, -0.1) is 24.8 Å². The summed E-state index contributed by atoms with van der Waals surface area (Å²) in [6.07, 6.45) is 3.38. The smallest absolute Gasteiger partial charge is 0.308 e. The standard InChI is InChI=1S/C17H26N2O3.2ClH/c1-3-4-5-15(19-10-8-18-9-11-19)14-6-7-17(16(21)12-14)22-13(2)20;;/h6-7,12,15,18,21H,3-5,8-11H2,1-2H3;2*1H/t15-;;/m1../s1. The molecule has 0 amide bonds. The monoisotopic (exact) mass is 378 g/mol. The minimum absolute atomic E-state index is 0. The van der Waals surface area contributed by atoms with Crippen LogP contribution in [0, 0.1) is 0 Å². The number of unbranched alkanes of at least 4 members (excludes halogenated alkanes) is 1. The van der Waals surface area contributed by atoms with Crippen molar-refractivity contribution in [2.24, 2.45) is 0 Å². The Morgan fingerprint density at radius 3 is 2.54 bits per heavy atom. The fourth-order valence-corrected chi connectivity index (χ4v) is 2.93. The minimum Gasteiger partial charge on any atom is -0.504 e. The van der Waals surface area contributed by atoms with E-state index < -0.39 is 5.97 Å². The van der Waals surface area contributed by atoms with Crippen LogP contribution in [0.25, 0.3) is 0 Å². The van der Waals surface area contributed by atoms with Gasteiger partial charge < -0.3 is 15.2 Å². The van der Waals surface area contributed by atoms with Gasteiger partial charge in [0.2, 0.25) is 0 Å². The molecule has 1 aliphatic heterocycles. The topological polar surface area (TPSA) is 61.8 Å². The first kappa shape index (κ1) is 23.0. The fraction of sp³-hybridized carbons (Fsp3) is 0.588. The third-order valence-electron chi connectivity index (χ3n) is 4.04. The van der Waals surface area contributed by atoms with Gasteiger partial charge in [-0.1, -0.05) is 25.8 Å². The Morgan fingerprint density at radius 2 is 2.00 bits per heavy atom. The Labute approximate surface area is 156 Å². The molecule has 7 heteroatoms. The summed E-state index contributed by atoms with van der Waals surface area (Å²) in [4.78, 5) is 13.5. The highest BCUT2D eigenvalue weighted by Gasteiger charge is 2.22. The highest BCUT2D eigenvalue weighted by atomic mass is 35.5. The molecule has 1 aromatic carbocycles. The molecule has 5 nitrogen and oxygen atoms in total. The van der Waals surface area contributed by atoms with Gasteiger partial charge in [-0.2, -0.15) is 0 Å². The van der Waals surface area contributed by atoms with Crippen molar-refractivity contribution in [2.45, 2.75) is 39.2 Å². The highest BCUT2D eigenvalue weighted by Crippen LogP contribution is 2.33. The number of benzene rings is 1. The SMILES string of the molecule is CCCC[C@H](c1ccc(OC(C)=O)c(O)c1)N1CCNCC1.Cl.Cl. The Kier molecular flexibility index (Phi) is 11.0. The predicted molar refractivity (Wildman–Crippen MR) is 101 cm³/mol. The molecule has 2 N–H and O–H groups in total. The van der Waals surface area contributed by atoms with E-state index in [1.165, 1.54) is 6.92 Å². The lowest BCUT2D eigenvalue weighted by Gasteiger charge is -2.35. The first-order valence-corrected chi connectivity index (χ1v) is 8.08. The molecular weight excluding hydrogens is 351 g/mol. The number of esters is 1. The number of phenols is 1. The Balaban J connectivity index is 0.00000264. The first-order valence-electron chi connectivity index (χ1n) is 8.08. The molecule has 1 atom stereocenters. The van der Waals surface area contributed by atoms with Gasteiger partial charge in [-0.3, -0.25) is 9.69 Å². The summed E-state index contributed by atoms with van der Waals surface area (Å²) in [7, 11) is 0. The molecule has 2 rings (SSSR count). The summed E-state index contributed by atoms with van der Waals surface area (Å²) in [6.45, 7) is 7.55. The third-order valence-corrected chi connectivity index (χ3v) is 4.04. The van der Waals surface area contributed by atoms with Crippen molar-refractivity contribution in [1.82, 2.24) is 10.2 Å². The van der Waals surface area contributed by atoms with Gasteiger partial charge in [0.15, 0.2) is 11.5 Å². The van der Waals surface area contributed by atoms with Crippen molar-refractivity contribution in [3.8, 4) is 11.5 Å². The molecule has 138 valence electrons. The van der Waals surface area contributed by atoms with E-state index in [0.29, 0.717) is 6.04 Å². The number of hydrogen-bond acceptors (Lipinski definition) is 5. The lowest BCUT2D eigenvalue weighted by Crippen LogP contribution is -2.45. The van der Waals surface area contributed by atoms with Gasteiger partial charge in [0, 0.05) is 39.1 Å². The molecule has 0 aliphatic carbocycles. The van der Waals surface area contributed by atoms with Crippen molar-refractivity contribution in [1.29, 1.82) is 0 Å². The highest BCUT2D eigenvalue weighted by molar-refractivity contribution is 5.85. The second-order valence-electron chi connectivity index (χ2n) is 5.76. The van der Waals surface area contributed by atoms with Crippen LogP contribution in [0.2, 0.25) is 0 Å². The molecule has 1 saturated heterocycles. The number of carbonyl (C=O) groups excluding carboxylic acids is 1. The molecule has 1 heterocycles. The molecule has 1 fully saturated rings. The summed E-state index contributed by atoms with van der Waals surface area (Å²) in [6, 6.07) is 5.69. The quantitative estimate of drug-likeness (QED) is 0.587. The van der Waals surface area contributed by atoms with Crippen molar-refractivity contribution in [2.75, 3.05) is 26.2 Å². The summed E-state index contributed by atoms with van der Waals surface area (Å²) in [5.41, 5.74) is 1.09. The molecule has 0 unspecified atom stereocenters. The van der Waals surface area contributed by atoms with Crippen LogP contribution in [0.5, 0.6) is 11.5 Å². The van der Waals surface area contributed by atoms with Crippen LogP contribution in [0.15, 0.2) is 18.2 Å². The van der Waals surface area contributed by atoms with Crippen LogP contribution in [-0.2, 0) is 4.79 Å². The average Bonchev–Trinajstić information content (AvgIpc) is 2.51. The second kappa shape index (κ2) is 11.5. The van der Waals surface area contributed by atoms with E-state index in [0.717, 1.165) is 51.0 Å². The van der Waals surface area contributed by atoms with Gasteiger partial charge in [0.05, 0.1) is 0 Å². The van der Waals surface area contributed by atoms with E-state index >= 15 is 0 Å². The van der Waals surface area contributed by atoms with Gasteiger partial charge in [0.25, 0.3) is 0 Å². The first-order chi connectivity index (χ1) is 10.6. The Morgan fingerprint density at radius 1 is 1.33 bits per heavy atom. The van der Waals surface area contributed by atoms with Crippen LogP contribution in [0.1, 0.15) is 44.7 Å². The zero-order chi connectivity index (χ0) is 15.9. The maximum absolute atomic E-state index is 11.0. The zero-order valence-corrected chi connectivity index (χ0v) is 15.9. The van der Waals surface area contributed by atoms with Crippen molar-refractivity contribution in [3.05, 3.63) is 23.8 Å². The number of rotatable bonds is 6. The number of aromatic hydroxyl groups is 1. The molecular formula is C17H28Cl2N2O3. The van der Waals surface area contributed by atoms with Crippen molar-refractivity contribution < 1.29 is 14.6 Å². The van der Waals surface area contributed by atoms with Crippen LogP contribution in [0.4, 0.5) is 0 Å². The number of hydrogen-bond donors (Lipinski definition) is 2. The van der Waals surface area contributed by atoms with E-state index in [2.05, 4.69) is 17.1 Å². The number of halogens is 2. The van der Waals surface area contributed by atoms with Crippen LogP contribution < -0.4 is 10.1 Å². The average molecular weight is 379 g/mol. The molecule has 0 radical (unpaired) electrons. The normalized spacial score (nSPS) is 15.8. The molecule has 1 aromatic rings. The number of piperazine rings is 1. The second-order valence-corrected chi connectivity index (χ2v) is 5.76. The fourth-order valence-electron chi connectivity index (χ4n) is 2.93. The number of ether oxygens (including phenoxy) is 1. The number of nitrogens with one attached hydrogen (secondary N) is 1. The number of nitrogens with zero attached hydrogens (tertiary/aromatic N) is 1. The largest absolute Gasteiger partial charge is 0.504 e. The number of carbonyl (C=O) groups is 1.